The molecule has 1 aromatic carbocycles. The first-order valence-corrected chi connectivity index (χ1v) is 5.36. The normalized spacial score (nSPS) is 10.4. The summed E-state index contributed by atoms with van der Waals surface area (Å²) in [6.45, 7) is 0. The molecule has 2 aromatic heterocycles. The molecular weight excluding hydrogens is 212 g/mol. The minimum Gasteiger partial charge on any atom is -0.461 e. The fraction of sp³-hybridized carbons (Fsp3) is 0. The fourth-order valence-electron chi connectivity index (χ4n) is 1.65. The Kier molecular flexibility index (Phi) is 2.43. The van der Waals surface area contributed by atoms with Crippen molar-refractivity contribution in [3.8, 4) is 22.8 Å². The Bertz CT molecular complexity index is 603. The maximum Gasteiger partial charge on any atom is 0.196 e. The SMILES string of the molecule is c1ccc(-c2ccnc(-c3ccco3)n2)cc1. The molecule has 0 amide bonds. The van der Waals surface area contributed by atoms with Crippen LogP contribution in [0.4, 0.5) is 0 Å². The third kappa shape index (κ3) is 1.95. The van der Waals surface area contributed by atoms with Crippen LogP contribution in [0, 0.1) is 0 Å². The van der Waals surface area contributed by atoms with E-state index >= 15 is 0 Å². The van der Waals surface area contributed by atoms with Gasteiger partial charge in [-0.2, -0.15) is 0 Å². The van der Waals surface area contributed by atoms with Crippen molar-refractivity contribution in [3.05, 3.63) is 61.0 Å². The second-order valence-corrected chi connectivity index (χ2v) is 3.61. The number of hydrogen-bond acceptors (Lipinski definition) is 3. The molecule has 0 fully saturated rings. The van der Waals surface area contributed by atoms with Crippen LogP contribution in [0.25, 0.3) is 22.8 Å². The molecule has 0 spiro atoms. The first-order chi connectivity index (χ1) is 8.43. The summed E-state index contributed by atoms with van der Waals surface area (Å²) in [4.78, 5) is 8.68. The zero-order valence-electron chi connectivity index (χ0n) is 9.08. The summed E-state index contributed by atoms with van der Waals surface area (Å²) in [7, 11) is 0. The Morgan fingerprint density at radius 3 is 2.53 bits per heavy atom. The van der Waals surface area contributed by atoms with E-state index in [1.54, 1.807) is 12.5 Å². The van der Waals surface area contributed by atoms with Crippen LogP contribution in [0.15, 0.2) is 65.4 Å². The molecule has 0 atom stereocenters. The van der Waals surface area contributed by atoms with E-state index < -0.39 is 0 Å². The van der Waals surface area contributed by atoms with Gasteiger partial charge in [-0.3, -0.25) is 0 Å². The van der Waals surface area contributed by atoms with Gasteiger partial charge in [-0.1, -0.05) is 30.3 Å². The molecule has 3 aromatic rings. The van der Waals surface area contributed by atoms with E-state index in [9.17, 15) is 0 Å². The monoisotopic (exact) mass is 222 g/mol. The predicted molar refractivity (Wildman–Crippen MR) is 65.2 cm³/mol. The van der Waals surface area contributed by atoms with Gasteiger partial charge in [-0.05, 0) is 18.2 Å². The number of furan rings is 1. The molecule has 3 heteroatoms. The zero-order chi connectivity index (χ0) is 11.5. The highest BCUT2D eigenvalue weighted by molar-refractivity contribution is 5.61. The van der Waals surface area contributed by atoms with E-state index in [2.05, 4.69) is 9.97 Å². The summed E-state index contributed by atoms with van der Waals surface area (Å²) in [5.74, 6) is 1.29. The molecule has 0 saturated heterocycles. The maximum absolute atomic E-state index is 5.29. The lowest BCUT2D eigenvalue weighted by Crippen LogP contribution is -1.89. The lowest BCUT2D eigenvalue weighted by molar-refractivity contribution is 0.577. The third-order valence-electron chi connectivity index (χ3n) is 2.47. The highest BCUT2D eigenvalue weighted by Crippen LogP contribution is 2.20. The second kappa shape index (κ2) is 4.22. The Hall–Kier alpha value is -2.42. The molecule has 0 aliphatic heterocycles. The highest BCUT2D eigenvalue weighted by Gasteiger charge is 2.05. The zero-order valence-corrected chi connectivity index (χ0v) is 9.08. The molecule has 0 bridgehead atoms. The number of nitrogens with zero attached hydrogens (tertiary/aromatic N) is 2. The van der Waals surface area contributed by atoms with Crippen LogP contribution in [-0.2, 0) is 0 Å². The van der Waals surface area contributed by atoms with Crippen LogP contribution >= 0.6 is 0 Å². The molecular formula is C14H10N2O. The molecule has 0 aliphatic carbocycles. The number of rotatable bonds is 2. The molecule has 3 rings (SSSR count). The Balaban J connectivity index is 2.06. The van der Waals surface area contributed by atoms with E-state index in [1.165, 1.54) is 0 Å². The standard InChI is InChI=1S/C14H10N2O/c1-2-5-11(6-3-1)12-8-9-15-14(16-12)13-7-4-10-17-13/h1-10H. The Morgan fingerprint density at radius 2 is 1.76 bits per heavy atom. The smallest absolute Gasteiger partial charge is 0.196 e. The van der Waals surface area contributed by atoms with Gasteiger partial charge in [0.15, 0.2) is 11.6 Å². The Morgan fingerprint density at radius 1 is 0.882 bits per heavy atom. The second-order valence-electron chi connectivity index (χ2n) is 3.61. The summed E-state index contributed by atoms with van der Waals surface area (Å²) >= 11 is 0. The minimum atomic E-state index is 0.608. The van der Waals surface area contributed by atoms with Crippen molar-refractivity contribution in [2.75, 3.05) is 0 Å². The van der Waals surface area contributed by atoms with Crippen molar-refractivity contribution in [2.45, 2.75) is 0 Å². The van der Waals surface area contributed by atoms with Crippen molar-refractivity contribution in [1.82, 2.24) is 9.97 Å². The summed E-state index contributed by atoms with van der Waals surface area (Å²) in [5, 5.41) is 0. The summed E-state index contributed by atoms with van der Waals surface area (Å²) in [5.41, 5.74) is 1.97. The van der Waals surface area contributed by atoms with E-state index in [0.29, 0.717) is 11.6 Å². The van der Waals surface area contributed by atoms with Crippen LogP contribution in [0.2, 0.25) is 0 Å². The van der Waals surface area contributed by atoms with Gasteiger partial charge in [0.2, 0.25) is 0 Å². The van der Waals surface area contributed by atoms with Gasteiger partial charge in [0, 0.05) is 11.8 Å². The molecule has 0 unspecified atom stereocenters. The molecule has 17 heavy (non-hydrogen) atoms. The predicted octanol–water partition coefficient (Wildman–Crippen LogP) is 3.40. The van der Waals surface area contributed by atoms with E-state index in [1.807, 2.05) is 48.5 Å². The molecule has 82 valence electrons. The van der Waals surface area contributed by atoms with Crippen LogP contribution in [0.1, 0.15) is 0 Å². The maximum atomic E-state index is 5.29. The van der Waals surface area contributed by atoms with Crippen LogP contribution in [0.3, 0.4) is 0 Å². The van der Waals surface area contributed by atoms with E-state index in [4.69, 9.17) is 4.42 Å². The first kappa shape index (κ1) is 9.78. The summed E-state index contributed by atoms with van der Waals surface area (Å²) < 4.78 is 5.29. The topological polar surface area (TPSA) is 38.9 Å². The summed E-state index contributed by atoms with van der Waals surface area (Å²) in [6.07, 6.45) is 3.36. The lowest BCUT2D eigenvalue weighted by atomic mass is 10.1. The average molecular weight is 222 g/mol. The Labute approximate surface area is 98.8 Å². The molecule has 0 saturated carbocycles. The van der Waals surface area contributed by atoms with Crippen LogP contribution < -0.4 is 0 Å². The third-order valence-corrected chi connectivity index (χ3v) is 2.47. The van der Waals surface area contributed by atoms with Gasteiger partial charge in [-0.15, -0.1) is 0 Å². The van der Waals surface area contributed by atoms with E-state index in [0.717, 1.165) is 11.3 Å². The average Bonchev–Trinajstić information content (AvgIpc) is 2.94. The van der Waals surface area contributed by atoms with Crippen LogP contribution in [-0.4, -0.2) is 9.97 Å². The van der Waals surface area contributed by atoms with Crippen molar-refractivity contribution < 1.29 is 4.42 Å². The first-order valence-electron chi connectivity index (χ1n) is 5.36. The molecule has 3 nitrogen and oxygen atoms in total. The molecule has 0 aliphatic rings. The van der Waals surface area contributed by atoms with Crippen molar-refractivity contribution in [2.24, 2.45) is 0 Å². The quantitative estimate of drug-likeness (QED) is 0.667. The van der Waals surface area contributed by atoms with Gasteiger partial charge in [0.25, 0.3) is 0 Å². The number of aromatic nitrogens is 2. The number of benzene rings is 1. The van der Waals surface area contributed by atoms with E-state index in [-0.39, 0.29) is 0 Å². The molecule has 0 radical (unpaired) electrons. The largest absolute Gasteiger partial charge is 0.461 e. The van der Waals surface area contributed by atoms with Gasteiger partial charge in [-0.25, -0.2) is 9.97 Å². The number of hydrogen-bond donors (Lipinski definition) is 0. The fourth-order valence-corrected chi connectivity index (χ4v) is 1.65. The van der Waals surface area contributed by atoms with Crippen molar-refractivity contribution >= 4 is 0 Å². The lowest BCUT2D eigenvalue weighted by Gasteiger charge is -2.01. The molecule has 2 heterocycles. The van der Waals surface area contributed by atoms with Crippen molar-refractivity contribution in [1.29, 1.82) is 0 Å². The van der Waals surface area contributed by atoms with Crippen molar-refractivity contribution in [3.63, 3.8) is 0 Å². The van der Waals surface area contributed by atoms with Gasteiger partial charge in [0.05, 0.1) is 12.0 Å². The molecule has 0 N–H and O–H groups in total. The minimum absolute atomic E-state index is 0.608. The van der Waals surface area contributed by atoms with Crippen LogP contribution in [0.5, 0.6) is 0 Å². The van der Waals surface area contributed by atoms with Gasteiger partial charge < -0.3 is 4.42 Å². The van der Waals surface area contributed by atoms with Gasteiger partial charge >= 0.3 is 0 Å². The van der Waals surface area contributed by atoms with Gasteiger partial charge in [0.1, 0.15) is 0 Å². The summed E-state index contributed by atoms with van der Waals surface area (Å²) in [6, 6.07) is 15.6. The highest BCUT2D eigenvalue weighted by atomic mass is 16.3.